The van der Waals surface area contributed by atoms with Crippen molar-refractivity contribution in [3.8, 4) is 0 Å². The summed E-state index contributed by atoms with van der Waals surface area (Å²) in [5.74, 6) is -0.622. The summed E-state index contributed by atoms with van der Waals surface area (Å²) in [5, 5.41) is 2.48. The van der Waals surface area contributed by atoms with Gasteiger partial charge in [-0.2, -0.15) is 0 Å². The number of nitrogens with two attached hydrogens (primary N) is 1. The molecule has 2 unspecified atom stereocenters. The van der Waals surface area contributed by atoms with Gasteiger partial charge in [-0.3, -0.25) is 19.4 Å². The fraction of sp³-hybridized carbons (Fsp3) is 0.529. The van der Waals surface area contributed by atoms with Gasteiger partial charge in [-0.15, -0.1) is 0 Å². The molecule has 4 rings (SSSR count). The number of nitrogens with zero attached hydrogens (tertiary/aromatic N) is 2. The van der Waals surface area contributed by atoms with Crippen molar-refractivity contribution in [2.45, 2.75) is 24.9 Å². The molecule has 2 aliphatic heterocycles. The van der Waals surface area contributed by atoms with Crippen molar-refractivity contribution in [3.63, 3.8) is 0 Å². The molecule has 25 heavy (non-hydrogen) atoms. The quantitative estimate of drug-likeness (QED) is 0.741. The van der Waals surface area contributed by atoms with Gasteiger partial charge >= 0.3 is 11.8 Å². The summed E-state index contributed by atoms with van der Waals surface area (Å²) in [4.78, 5) is 41.1. The van der Waals surface area contributed by atoms with Crippen LogP contribution in [0, 0.1) is 11.8 Å². The number of hydrogen-bond donors (Lipinski definition) is 2. The highest BCUT2D eigenvalue weighted by Crippen LogP contribution is 2.57. The second-order valence-corrected chi connectivity index (χ2v) is 7.05. The third-order valence-corrected chi connectivity index (χ3v) is 5.56. The van der Waals surface area contributed by atoms with Crippen LogP contribution in [-0.4, -0.2) is 52.9 Å². The molecule has 2 saturated heterocycles. The molecule has 3 amide bonds. The van der Waals surface area contributed by atoms with Crippen molar-refractivity contribution in [1.82, 2.24) is 9.88 Å². The molecule has 8 heteroatoms. The summed E-state index contributed by atoms with van der Waals surface area (Å²) >= 11 is 0. The molecule has 1 aromatic rings. The number of anilines is 1. The average Bonchev–Trinajstić information content (AvgIpc) is 3.34. The van der Waals surface area contributed by atoms with E-state index < -0.39 is 17.7 Å². The number of fused-ring (bicyclic) bond motifs is 2. The third-order valence-electron chi connectivity index (χ3n) is 5.56. The normalized spacial score (nSPS) is 26.2. The Balaban J connectivity index is 1.36. The van der Waals surface area contributed by atoms with Crippen LogP contribution >= 0.6 is 0 Å². The number of ether oxygens (including phenoxy) is 1. The number of aromatic nitrogens is 1. The molecule has 8 nitrogen and oxygen atoms in total. The van der Waals surface area contributed by atoms with E-state index in [0.29, 0.717) is 24.9 Å². The lowest BCUT2D eigenvalue weighted by atomic mass is 9.86. The fourth-order valence-electron chi connectivity index (χ4n) is 4.03. The molecule has 3 aliphatic rings. The number of carbonyl (C=O) groups excluding carboxylic acids is 3. The highest BCUT2D eigenvalue weighted by atomic mass is 16.5. The highest BCUT2D eigenvalue weighted by Gasteiger charge is 2.59. The Kier molecular flexibility index (Phi) is 3.72. The molecule has 0 radical (unpaired) electrons. The largest absolute Gasteiger partial charge is 0.374 e. The van der Waals surface area contributed by atoms with Gasteiger partial charge in [0.25, 0.3) is 0 Å². The van der Waals surface area contributed by atoms with Gasteiger partial charge in [-0.05, 0) is 37.2 Å². The molecular weight excluding hydrogens is 324 g/mol. The lowest BCUT2D eigenvalue weighted by Gasteiger charge is -2.39. The number of rotatable bonds is 2. The van der Waals surface area contributed by atoms with E-state index in [1.807, 2.05) is 0 Å². The van der Waals surface area contributed by atoms with Gasteiger partial charge in [0, 0.05) is 19.3 Å². The monoisotopic (exact) mass is 344 g/mol. The first-order valence-corrected chi connectivity index (χ1v) is 8.47. The molecular formula is C17H20N4O4. The maximum Gasteiger partial charge on any atom is 0.313 e. The minimum atomic E-state index is -0.740. The number of likely N-dealkylation sites (tertiary alicyclic amines) is 1. The van der Waals surface area contributed by atoms with Gasteiger partial charge in [0.1, 0.15) is 0 Å². The zero-order valence-electron chi connectivity index (χ0n) is 13.7. The van der Waals surface area contributed by atoms with Gasteiger partial charge in [-0.25, -0.2) is 0 Å². The van der Waals surface area contributed by atoms with Crippen LogP contribution in [0.5, 0.6) is 0 Å². The first-order valence-electron chi connectivity index (χ1n) is 8.47. The van der Waals surface area contributed by atoms with E-state index in [-0.39, 0.29) is 16.9 Å². The van der Waals surface area contributed by atoms with Crippen molar-refractivity contribution in [2.24, 2.45) is 17.6 Å². The molecule has 1 aliphatic carbocycles. The second kappa shape index (κ2) is 5.80. The van der Waals surface area contributed by atoms with Crippen molar-refractivity contribution in [2.75, 3.05) is 25.0 Å². The number of hydrogen-bond acceptors (Lipinski definition) is 5. The van der Waals surface area contributed by atoms with Gasteiger partial charge in [0.05, 0.1) is 29.7 Å². The molecule has 132 valence electrons. The minimum Gasteiger partial charge on any atom is -0.374 e. The maximum atomic E-state index is 12.4. The Labute approximate surface area is 144 Å². The second-order valence-electron chi connectivity index (χ2n) is 7.05. The predicted octanol–water partition coefficient (Wildman–Crippen LogP) is 0.146. The highest BCUT2D eigenvalue weighted by molar-refractivity contribution is 6.39. The number of carbonyl (C=O) groups is 3. The van der Waals surface area contributed by atoms with Crippen LogP contribution in [-0.2, 0) is 14.3 Å². The van der Waals surface area contributed by atoms with E-state index in [1.165, 1.54) is 24.9 Å². The van der Waals surface area contributed by atoms with Crippen molar-refractivity contribution in [3.05, 3.63) is 24.0 Å². The lowest BCUT2D eigenvalue weighted by molar-refractivity contribution is -0.147. The average molecular weight is 344 g/mol. The van der Waals surface area contributed by atoms with Gasteiger partial charge in [0.15, 0.2) is 0 Å². The van der Waals surface area contributed by atoms with E-state index in [0.717, 1.165) is 19.4 Å². The van der Waals surface area contributed by atoms with Gasteiger partial charge in [-0.1, -0.05) is 0 Å². The number of nitrogens with one attached hydrogen (secondary N) is 1. The summed E-state index contributed by atoms with van der Waals surface area (Å²) < 4.78 is 5.97. The summed E-state index contributed by atoms with van der Waals surface area (Å²) in [5.41, 5.74) is 5.55. The van der Waals surface area contributed by atoms with Gasteiger partial charge < -0.3 is 20.7 Å². The third kappa shape index (κ3) is 2.86. The molecule has 1 aromatic heterocycles. The zero-order chi connectivity index (χ0) is 17.6. The topological polar surface area (TPSA) is 115 Å². The Morgan fingerprint density at radius 1 is 1.28 bits per heavy atom. The fourth-order valence-corrected chi connectivity index (χ4v) is 4.03. The van der Waals surface area contributed by atoms with Crippen LogP contribution in [0.4, 0.5) is 5.69 Å². The molecule has 3 N–H and O–H groups in total. The predicted molar refractivity (Wildman–Crippen MR) is 87.5 cm³/mol. The molecule has 3 heterocycles. The zero-order valence-corrected chi connectivity index (χ0v) is 13.7. The summed E-state index contributed by atoms with van der Waals surface area (Å²) in [7, 11) is 0. The molecule has 1 spiro atoms. The molecule has 0 aromatic carbocycles. The van der Waals surface area contributed by atoms with Crippen molar-refractivity contribution in [1.29, 1.82) is 0 Å². The van der Waals surface area contributed by atoms with E-state index in [1.54, 1.807) is 4.90 Å². The summed E-state index contributed by atoms with van der Waals surface area (Å²) in [6.45, 7) is 1.88. The van der Waals surface area contributed by atoms with E-state index in [4.69, 9.17) is 10.5 Å². The SMILES string of the molecule is NC(=O)c1cncc(NC(=O)C(=O)N2CCC3(CC2)OCC2CC23)c1. The standard InChI is InChI=1S/C17H20N4O4/c18-14(22)10-5-12(8-19-7-10)20-15(23)16(24)21-3-1-17(2-4-21)13-6-11(13)9-25-17/h5,7-8,11,13H,1-4,6,9H2,(H2,18,22)(H,20,23). The van der Waals surface area contributed by atoms with E-state index >= 15 is 0 Å². The molecule has 1 saturated carbocycles. The first-order chi connectivity index (χ1) is 12.0. The molecule has 0 bridgehead atoms. The van der Waals surface area contributed by atoms with Crippen LogP contribution < -0.4 is 11.1 Å². The smallest absolute Gasteiger partial charge is 0.313 e. The van der Waals surface area contributed by atoms with Crippen LogP contribution in [0.3, 0.4) is 0 Å². The number of pyridine rings is 1. The number of amides is 3. The van der Waals surface area contributed by atoms with Crippen LogP contribution in [0.1, 0.15) is 29.6 Å². The maximum absolute atomic E-state index is 12.4. The Hall–Kier alpha value is -2.48. The summed E-state index contributed by atoms with van der Waals surface area (Å²) in [6.07, 6.45) is 5.47. The lowest BCUT2D eigenvalue weighted by Crippen LogP contribution is -2.50. The van der Waals surface area contributed by atoms with Crippen LogP contribution in [0.2, 0.25) is 0 Å². The number of primary amides is 1. The Morgan fingerprint density at radius 2 is 2.04 bits per heavy atom. The molecule has 2 atom stereocenters. The van der Waals surface area contributed by atoms with E-state index in [9.17, 15) is 14.4 Å². The van der Waals surface area contributed by atoms with Crippen molar-refractivity contribution < 1.29 is 19.1 Å². The summed E-state index contributed by atoms with van der Waals surface area (Å²) in [6, 6.07) is 1.39. The first kappa shape index (κ1) is 16.0. The number of piperidine rings is 1. The Bertz CT molecular complexity index is 742. The molecule has 3 fully saturated rings. The Morgan fingerprint density at radius 3 is 2.64 bits per heavy atom. The minimum absolute atomic E-state index is 0.0718. The van der Waals surface area contributed by atoms with Crippen molar-refractivity contribution >= 4 is 23.4 Å². The van der Waals surface area contributed by atoms with Gasteiger partial charge in [0.2, 0.25) is 5.91 Å². The van der Waals surface area contributed by atoms with Crippen LogP contribution in [0.25, 0.3) is 0 Å². The van der Waals surface area contributed by atoms with E-state index in [2.05, 4.69) is 10.3 Å². The van der Waals surface area contributed by atoms with Crippen LogP contribution in [0.15, 0.2) is 18.5 Å².